The summed E-state index contributed by atoms with van der Waals surface area (Å²) in [7, 11) is 1.74. The van der Waals surface area contributed by atoms with E-state index in [9.17, 15) is 0 Å². The average Bonchev–Trinajstić information content (AvgIpc) is 2.74. The Morgan fingerprint density at radius 3 is 2.88 bits per heavy atom. The van der Waals surface area contributed by atoms with E-state index < -0.39 is 0 Å². The first kappa shape index (κ1) is 14.2. The highest BCUT2D eigenvalue weighted by atomic mass is 16.5. The summed E-state index contributed by atoms with van der Waals surface area (Å²) in [5, 5.41) is 0. The zero-order chi connectivity index (χ0) is 12.7. The van der Waals surface area contributed by atoms with E-state index in [1.807, 2.05) is 12.4 Å². The van der Waals surface area contributed by atoms with Gasteiger partial charge < -0.3 is 15.0 Å². The fraction of sp³-hybridized carbons (Fsp3) is 0.769. The van der Waals surface area contributed by atoms with Crippen molar-refractivity contribution in [3.63, 3.8) is 0 Å². The quantitative estimate of drug-likeness (QED) is 0.754. The second-order valence-electron chi connectivity index (χ2n) is 4.62. The summed E-state index contributed by atoms with van der Waals surface area (Å²) in [5.74, 6) is 1.10. The molecule has 0 fully saturated rings. The van der Waals surface area contributed by atoms with Gasteiger partial charge in [-0.1, -0.05) is 6.92 Å². The molecular weight excluding hydrogens is 214 g/mol. The maximum Gasteiger partial charge on any atom is 0.110 e. The Labute approximate surface area is 104 Å². The van der Waals surface area contributed by atoms with Crippen LogP contribution in [0.1, 0.15) is 38.9 Å². The van der Waals surface area contributed by atoms with Crippen LogP contribution in [0.4, 0.5) is 0 Å². The van der Waals surface area contributed by atoms with Gasteiger partial charge in [0.2, 0.25) is 0 Å². The van der Waals surface area contributed by atoms with Crippen LogP contribution in [0.15, 0.2) is 12.4 Å². The summed E-state index contributed by atoms with van der Waals surface area (Å²) in [4.78, 5) is 4.37. The molecule has 0 saturated carbocycles. The van der Waals surface area contributed by atoms with E-state index in [1.165, 1.54) is 0 Å². The lowest BCUT2D eigenvalue weighted by molar-refractivity contribution is 0.107. The Morgan fingerprint density at radius 1 is 1.47 bits per heavy atom. The Balaban J connectivity index is 2.39. The smallest absolute Gasteiger partial charge is 0.110 e. The van der Waals surface area contributed by atoms with Crippen LogP contribution in [0.3, 0.4) is 0 Å². The van der Waals surface area contributed by atoms with Crippen molar-refractivity contribution in [1.82, 2.24) is 9.55 Å². The van der Waals surface area contributed by atoms with Crippen molar-refractivity contribution in [2.24, 2.45) is 5.73 Å². The van der Waals surface area contributed by atoms with E-state index in [1.54, 1.807) is 7.11 Å². The first-order chi connectivity index (χ1) is 8.17. The zero-order valence-electron chi connectivity index (χ0n) is 11.2. The fourth-order valence-electron chi connectivity index (χ4n) is 1.88. The van der Waals surface area contributed by atoms with Gasteiger partial charge in [0.15, 0.2) is 0 Å². The molecule has 1 heterocycles. The minimum Gasteiger partial charge on any atom is -0.382 e. The monoisotopic (exact) mass is 239 g/mol. The number of hydrogen-bond acceptors (Lipinski definition) is 3. The molecule has 0 radical (unpaired) electrons. The van der Waals surface area contributed by atoms with Crippen LogP contribution in [0.25, 0.3) is 0 Å². The summed E-state index contributed by atoms with van der Waals surface area (Å²) in [6, 6.07) is 0.172. The van der Waals surface area contributed by atoms with Crippen LogP contribution in [-0.2, 0) is 17.7 Å². The molecule has 4 heteroatoms. The first-order valence-corrected chi connectivity index (χ1v) is 6.45. The van der Waals surface area contributed by atoms with Crippen molar-refractivity contribution in [3.05, 3.63) is 18.2 Å². The van der Waals surface area contributed by atoms with Crippen molar-refractivity contribution >= 4 is 0 Å². The van der Waals surface area contributed by atoms with Gasteiger partial charge in [-0.25, -0.2) is 4.98 Å². The lowest BCUT2D eigenvalue weighted by atomic mass is 10.1. The number of nitrogens with zero attached hydrogens (tertiary/aromatic N) is 2. The number of aryl methyl sites for hydroxylation is 1. The SMILES string of the molecule is CCCn1ccnc1CC(N)CCC(C)OC. The second-order valence-corrected chi connectivity index (χ2v) is 4.62. The van der Waals surface area contributed by atoms with Gasteiger partial charge >= 0.3 is 0 Å². The molecule has 17 heavy (non-hydrogen) atoms. The molecule has 2 unspecified atom stereocenters. The molecule has 0 saturated heterocycles. The van der Waals surface area contributed by atoms with Gasteiger partial charge in [-0.3, -0.25) is 0 Å². The normalized spacial score (nSPS) is 14.8. The molecule has 0 amide bonds. The van der Waals surface area contributed by atoms with Gasteiger partial charge in [-0.05, 0) is 26.2 Å². The van der Waals surface area contributed by atoms with Gasteiger partial charge in [-0.15, -0.1) is 0 Å². The largest absolute Gasteiger partial charge is 0.382 e. The molecular formula is C13H25N3O. The van der Waals surface area contributed by atoms with E-state index in [0.29, 0.717) is 0 Å². The van der Waals surface area contributed by atoms with E-state index in [2.05, 4.69) is 23.4 Å². The molecule has 0 aliphatic rings. The number of hydrogen-bond donors (Lipinski definition) is 1. The van der Waals surface area contributed by atoms with Crippen LogP contribution < -0.4 is 5.73 Å². The molecule has 2 N–H and O–H groups in total. The summed E-state index contributed by atoms with van der Waals surface area (Å²) in [5.41, 5.74) is 6.12. The van der Waals surface area contributed by atoms with Gasteiger partial charge in [0.25, 0.3) is 0 Å². The third-order valence-electron chi connectivity index (χ3n) is 3.06. The van der Waals surface area contributed by atoms with E-state index in [4.69, 9.17) is 10.5 Å². The molecule has 0 bridgehead atoms. The molecule has 1 aromatic rings. The Kier molecular flexibility index (Phi) is 6.22. The molecule has 98 valence electrons. The third kappa shape index (κ3) is 4.88. The van der Waals surface area contributed by atoms with Gasteiger partial charge in [-0.2, -0.15) is 0 Å². The van der Waals surface area contributed by atoms with Crippen LogP contribution in [0.2, 0.25) is 0 Å². The molecule has 4 nitrogen and oxygen atoms in total. The maximum absolute atomic E-state index is 6.12. The predicted octanol–water partition coefficient (Wildman–Crippen LogP) is 1.98. The topological polar surface area (TPSA) is 53.1 Å². The van der Waals surface area contributed by atoms with Crippen molar-refractivity contribution in [2.75, 3.05) is 7.11 Å². The zero-order valence-corrected chi connectivity index (χ0v) is 11.2. The lowest BCUT2D eigenvalue weighted by Gasteiger charge is -2.15. The van der Waals surface area contributed by atoms with E-state index in [0.717, 1.165) is 38.1 Å². The number of nitrogens with two attached hydrogens (primary N) is 1. The highest BCUT2D eigenvalue weighted by Crippen LogP contribution is 2.08. The van der Waals surface area contributed by atoms with Crippen LogP contribution in [-0.4, -0.2) is 28.8 Å². The maximum atomic E-state index is 6.12. The molecule has 2 atom stereocenters. The standard InChI is InChI=1S/C13H25N3O/c1-4-8-16-9-7-15-13(16)10-12(14)6-5-11(2)17-3/h7,9,11-12H,4-6,8,10,14H2,1-3H3. The van der Waals surface area contributed by atoms with E-state index >= 15 is 0 Å². The van der Waals surface area contributed by atoms with Gasteiger partial charge in [0, 0.05) is 38.5 Å². The van der Waals surface area contributed by atoms with E-state index in [-0.39, 0.29) is 12.1 Å². The highest BCUT2D eigenvalue weighted by molar-refractivity contribution is 4.95. The molecule has 0 spiro atoms. The number of imidazole rings is 1. The Morgan fingerprint density at radius 2 is 2.24 bits per heavy atom. The van der Waals surface area contributed by atoms with Crippen LogP contribution in [0, 0.1) is 0 Å². The lowest BCUT2D eigenvalue weighted by Crippen LogP contribution is -2.26. The predicted molar refractivity (Wildman–Crippen MR) is 69.9 cm³/mol. The number of methoxy groups -OCH3 is 1. The summed E-state index contributed by atoms with van der Waals surface area (Å²) >= 11 is 0. The number of aromatic nitrogens is 2. The van der Waals surface area contributed by atoms with Crippen LogP contribution >= 0.6 is 0 Å². The minimum absolute atomic E-state index is 0.172. The molecule has 0 aliphatic carbocycles. The van der Waals surface area contributed by atoms with Gasteiger partial charge in [0.1, 0.15) is 5.82 Å². The Hall–Kier alpha value is -0.870. The summed E-state index contributed by atoms with van der Waals surface area (Å²) < 4.78 is 7.42. The van der Waals surface area contributed by atoms with Crippen molar-refractivity contribution < 1.29 is 4.74 Å². The molecule has 1 rings (SSSR count). The van der Waals surface area contributed by atoms with Gasteiger partial charge in [0.05, 0.1) is 6.10 Å². The second kappa shape index (κ2) is 7.45. The number of ether oxygens (including phenoxy) is 1. The van der Waals surface area contributed by atoms with Crippen molar-refractivity contribution in [3.8, 4) is 0 Å². The highest BCUT2D eigenvalue weighted by Gasteiger charge is 2.10. The molecule has 0 aromatic carbocycles. The average molecular weight is 239 g/mol. The van der Waals surface area contributed by atoms with Crippen LogP contribution in [0.5, 0.6) is 0 Å². The summed E-state index contributed by atoms with van der Waals surface area (Å²) in [6.45, 7) is 5.27. The van der Waals surface area contributed by atoms with Crippen molar-refractivity contribution in [2.45, 2.75) is 58.2 Å². The molecule has 0 aliphatic heterocycles. The molecule has 1 aromatic heterocycles. The summed E-state index contributed by atoms with van der Waals surface area (Å²) in [6.07, 6.45) is 8.14. The Bertz CT molecular complexity index is 311. The minimum atomic E-state index is 0.172. The first-order valence-electron chi connectivity index (χ1n) is 6.45. The van der Waals surface area contributed by atoms with Crippen molar-refractivity contribution in [1.29, 1.82) is 0 Å². The third-order valence-corrected chi connectivity index (χ3v) is 3.06. The number of rotatable bonds is 8. The fourth-order valence-corrected chi connectivity index (χ4v) is 1.88.